The van der Waals surface area contributed by atoms with Crippen LogP contribution in [0.5, 0.6) is 11.5 Å². The van der Waals surface area contributed by atoms with Crippen molar-refractivity contribution in [2.75, 3.05) is 24.7 Å². The maximum absolute atomic E-state index is 13.6. The molecule has 2 heterocycles. The number of rotatable bonds is 14. The number of nitrogens with zero attached hydrogens (tertiary/aromatic N) is 2. The summed E-state index contributed by atoms with van der Waals surface area (Å²) < 4.78 is 57.7. The Balaban J connectivity index is 1.26. The van der Waals surface area contributed by atoms with E-state index in [4.69, 9.17) is 25.8 Å². The molecule has 9 nitrogen and oxygen atoms in total. The summed E-state index contributed by atoms with van der Waals surface area (Å²) in [4.78, 5) is 9.34. The zero-order valence-corrected chi connectivity index (χ0v) is 28.6. The topological polar surface area (TPSA) is 112 Å². The molecule has 6 rings (SSSR count). The Kier molecular flexibility index (Phi) is 10.3. The van der Waals surface area contributed by atoms with Crippen LogP contribution < -0.4 is 20.1 Å². The number of benzene rings is 4. The number of nitrogens with one attached hydrogen (secondary N) is 2. The largest absolute Gasteiger partial charge is 0.496 e. The van der Waals surface area contributed by atoms with Crippen molar-refractivity contribution in [3.05, 3.63) is 126 Å². The molecule has 0 fully saturated rings. The quantitative estimate of drug-likeness (QED) is 0.120. The molecule has 49 heavy (non-hydrogen) atoms. The van der Waals surface area contributed by atoms with Crippen LogP contribution in [0.1, 0.15) is 30.9 Å². The number of aromatic nitrogens is 2. The van der Waals surface area contributed by atoms with Gasteiger partial charge in [0.25, 0.3) is 0 Å². The highest BCUT2D eigenvalue weighted by Crippen LogP contribution is 2.45. The lowest BCUT2D eigenvalue weighted by Gasteiger charge is -2.38. The van der Waals surface area contributed by atoms with Gasteiger partial charge in [-0.2, -0.15) is 0 Å². The van der Waals surface area contributed by atoms with Gasteiger partial charge in [-0.25, -0.2) is 22.8 Å². The smallest absolute Gasteiger partial charge is 0.179 e. The first kappa shape index (κ1) is 34.2. The van der Waals surface area contributed by atoms with Crippen molar-refractivity contribution >= 4 is 43.8 Å². The van der Waals surface area contributed by atoms with Crippen LogP contribution >= 0.6 is 11.6 Å². The summed E-state index contributed by atoms with van der Waals surface area (Å²) in [6.07, 6.45) is 6.28. The van der Waals surface area contributed by atoms with Crippen molar-refractivity contribution in [3.8, 4) is 11.5 Å². The second-order valence-electron chi connectivity index (χ2n) is 11.6. The van der Waals surface area contributed by atoms with E-state index >= 15 is 0 Å². The maximum atomic E-state index is 13.6. The fourth-order valence-electron chi connectivity index (χ4n) is 6.08. The molecule has 0 aliphatic carbocycles. The third-order valence-electron chi connectivity index (χ3n) is 8.52. The van der Waals surface area contributed by atoms with Crippen LogP contribution in [0.25, 0.3) is 10.9 Å². The summed E-state index contributed by atoms with van der Waals surface area (Å²) in [6.45, 7) is 2.43. The first-order valence-corrected chi connectivity index (χ1v) is 17.9. The lowest BCUT2D eigenvalue weighted by atomic mass is 9.81. The molecule has 1 aromatic heterocycles. The molecule has 2 atom stereocenters. The number of sulfone groups is 1. The number of fused-ring (bicyclic) bond motifs is 1. The third kappa shape index (κ3) is 7.49. The van der Waals surface area contributed by atoms with Crippen LogP contribution in [0, 0.1) is 5.82 Å². The molecular formula is C37H36ClFN4O5S. The second kappa shape index (κ2) is 14.8. The van der Waals surface area contributed by atoms with E-state index < -0.39 is 15.4 Å². The van der Waals surface area contributed by atoms with Gasteiger partial charge in [-0.1, -0.05) is 48.9 Å². The van der Waals surface area contributed by atoms with Gasteiger partial charge in [-0.3, -0.25) is 0 Å². The van der Waals surface area contributed by atoms with Crippen LogP contribution in [0.4, 0.5) is 15.9 Å². The molecule has 1 aliphatic heterocycles. The number of hydrogen-bond donors (Lipinski definition) is 2. The van der Waals surface area contributed by atoms with Gasteiger partial charge >= 0.3 is 0 Å². The van der Waals surface area contributed by atoms with Crippen LogP contribution in [0.3, 0.4) is 0 Å². The molecule has 12 heteroatoms. The number of ether oxygens (including phenoxy) is 3. The van der Waals surface area contributed by atoms with Crippen LogP contribution in [0.2, 0.25) is 5.02 Å². The standard InChI is InChI=1S/C37H36ClFN4O5S/c1-3-35(40-16-18-49(44,45)28-11-5-4-6-12-28)37(15-8-17-48-37)30-21-29-32(22-34(30)46-2)41-24-42-36(29)43-27-13-14-33(31(38)20-27)47-23-25-9-7-10-26(39)19-25/h4-14,17,19-22,24,35,40H,3,15-16,18,23H2,1-2H3,(H,41,42,43). The molecule has 4 aromatic carbocycles. The minimum absolute atomic E-state index is 0.0645. The minimum atomic E-state index is -3.47. The fraction of sp³-hybridized carbons (Fsp3) is 0.243. The van der Waals surface area contributed by atoms with Crippen LogP contribution in [0.15, 0.2) is 108 Å². The molecule has 0 saturated heterocycles. The fourth-order valence-corrected chi connectivity index (χ4v) is 7.51. The van der Waals surface area contributed by atoms with Gasteiger partial charge in [0.2, 0.25) is 0 Å². The summed E-state index contributed by atoms with van der Waals surface area (Å²) in [5.74, 6) is 1.18. The molecule has 0 radical (unpaired) electrons. The molecule has 254 valence electrons. The van der Waals surface area contributed by atoms with E-state index in [0.717, 1.165) is 10.9 Å². The molecule has 2 unspecified atom stereocenters. The van der Waals surface area contributed by atoms with Gasteiger partial charge in [0.05, 0.1) is 40.6 Å². The summed E-state index contributed by atoms with van der Waals surface area (Å²) in [5, 5.41) is 7.92. The predicted octanol–water partition coefficient (Wildman–Crippen LogP) is 7.72. The van der Waals surface area contributed by atoms with E-state index in [1.165, 1.54) is 18.5 Å². The van der Waals surface area contributed by atoms with Gasteiger partial charge in [0.15, 0.2) is 15.4 Å². The van der Waals surface area contributed by atoms with Gasteiger partial charge in [0.1, 0.15) is 36.1 Å². The van der Waals surface area contributed by atoms with Crippen LogP contribution in [-0.4, -0.2) is 43.8 Å². The zero-order valence-electron chi connectivity index (χ0n) is 27.0. The SMILES string of the molecule is CCC(NCCS(=O)(=O)c1ccccc1)C1(c2cc3c(Nc4ccc(OCc5cccc(F)c5)c(Cl)c4)ncnc3cc2OC)CC=CO1. The lowest BCUT2D eigenvalue weighted by molar-refractivity contribution is -0.000296. The molecule has 0 saturated carbocycles. The Labute approximate surface area is 290 Å². The lowest BCUT2D eigenvalue weighted by Crippen LogP contribution is -2.49. The molecule has 1 aliphatic rings. The van der Waals surface area contributed by atoms with Crippen molar-refractivity contribution in [1.29, 1.82) is 0 Å². The Morgan fingerprint density at radius 1 is 1.02 bits per heavy atom. The monoisotopic (exact) mass is 702 g/mol. The molecule has 0 amide bonds. The third-order valence-corrected chi connectivity index (χ3v) is 10.5. The summed E-state index contributed by atoms with van der Waals surface area (Å²) in [7, 11) is -1.87. The molecule has 5 aromatic rings. The zero-order chi connectivity index (χ0) is 34.4. The van der Waals surface area contributed by atoms with Gasteiger partial charge in [-0.15, -0.1) is 0 Å². The van der Waals surface area contributed by atoms with Crippen LogP contribution in [-0.2, 0) is 26.8 Å². The van der Waals surface area contributed by atoms with E-state index in [0.29, 0.717) is 56.8 Å². The van der Waals surface area contributed by atoms with E-state index in [2.05, 4.69) is 20.6 Å². The van der Waals surface area contributed by atoms with E-state index in [1.54, 1.807) is 68.0 Å². The Morgan fingerprint density at radius 2 is 1.86 bits per heavy atom. The van der Waals surface area contributed by atoms with Crippen molar-refractivity contribution in [2.45, 2.75) is 42.9 Å². The summed E-state index contributed by atoms with van der Waals surface area (Å²) >= 11 is 6.58. The number of anilines is 2. The minimum Gasteiger partial charge on any atom is -0.496 e. The van der Waals surface area contributed by atoms with Crippen molar-refractivity contribution in [3.63, 3.8) is 0 Å². The van der Waals surface area contributed by atoms with Crippen molar-refractivity contribution in [2.24, 2.45) is 0 Å². The van der Waals surface area contributed by atoms with E-state index in [1.807, 2.05) is 31.2 Å². The number of hydrogen-bond acceptors (Lipinski definition) is 9. The second-order valence-corrected chi connectivity index (χ2v) is 14.1. The first-order valence-electron chi connectivity index (χ1n) is 15.8. The van der Waals surface area contributed by atoms with Gasteiger partial charge in [-0.05, 0) is 66.6 Å². The summed E-state index contributed by atoms with van der Waals surface area (Å²) in [6, 6.07) is 23.5. The number of halogens is 2. The molecule has 2 N–H and O–H groups in total. The Bertz CT molecular complexity index is 2070. The van der Waals surface area contributed by atoms with Crippen molar-refractivity contribution in [1.82, 2.24) is 15.3 Å². The molecule has 0 spiro atoms. The average molecular weight is 703 g/mol. The predicted molar refractivity (Wildman–Crippen MR) is 189 cm³/mol. The van der Waals surface area contributed by atoms with Gasteiger partial charge < -0.3 is 24.8 Å². The Hall–Kier alpha value is -4.71. The Morgan fingerprint density at radius 3 is 2.57 bits per heavy atom. The molecule has 0 bridgehead atoms. The van der Waals surface area contributed by atoms with E-state index in [-0.39, 0.29) is 30.8 Å². The average Bonchev–Trinajstić information content (AvgIpc) is 3.60. The maximum Gasteiger partial charge on any atom is 0.179 e. The summed E-state index contributed by atoms with van der Waals surface area (Å²) in [5.41, 5.74) is 1.89. The highest BCUT2D eigenvalue weighted by atomic mass is 35.5. The highest BCUT2D eigenvalue weighted by molar-refractivity contribution is 7.91. The normalized spacial score (nSPS) is 16.3. The van der Waals surface area contributed by atoms with Gasteiger partial charge in [0, 0.05) is 35.7 Å². The highest BCUT2D eigenvalue weighted by Gasteiger charge is 2.45. The van der Waals surface area contributed by atoms with E-state index in [9.17, 15) is 12.8 Å². The first-order chi connectivity index (χ1) is 23.7. The number of methoxy groups -OCH3 is 1. The van der Waals surface area contributed by atoms with Crippen molar-refractivity contribution < 1.29 is 27.0 Å². The molecular weight excluding hydrogens is 667 g/mol.